The zero-order valence-electron chi connectivity index (χ0n) is 14.2. The van der Waals surface area contributed by atoms with Crippen molar-refractivity contribution in [1.82, 2.24) is 0 Å². The van der Waals surface area contributed by atoms with Gasteiger partial charge in [0.2, 0.25) is 0 Å². The number of amides is 1. The van der Waals surface area contributed by atoms with Crippen LogP contribution in [-0.4, -0.2) is 33.2 Å². The molecule has 1 aliphatic rings. The Morgan fingerprint density at radius 2 is 1.76 bits per heavy atom. The molecule has 0 spiro atoms. The van der Waals surface area contributed by atoms with Crippen molar-refractivity contribution in [2.75, 3.05) is 29.1 Å². The molecule has 1 saturated heterocycles. The van der Waals surface area contributed by atoms with Crippen molar-refractivity contribution in [2.24, 2.45) is 0 Å². The highest BCUT2D eigenvalue weighted by molar-refractivity contribution is 7.91. The van der Waals surface area contributed by atoms with Crippen LogP contribution < -0.4 is 10.2 Å². The van der Waals surface area contributed by atoms with Gasteiger partial charge in [0.25, 0.3) is 5.91 Å². The highest BCUT2D eigenvalue weighted by Crippen LogP contribution is 2.23. The highest BCUT2D eigenvalue weighted by Gasteiger charge is 2.15. The van der Waals surface area contributed by atoms with Crippen LogP contribution in [0.5, 0.6) is 0 Å². The molecule has 6 heteroatoms. The number of anilines is 2. The van der Waals surface area contributed by atoms with Gasteiger partial charge in [0.1, 0.15) is 0 Å². The Morgan fingerprint density at radius 3 is 2.40 bits per heavy atom. The first-order valence-corrected chi connectivity index (χ1v) is 10.1. The molecule has 25 heavy (non-hydrogen) atoms. The predicted octanol–water partition coefficient (Wildman–Crippen LogP) is 3.33. The third-order valence-corrected chi connectivity index (χ3v) is 6.18. The van der Waals surface area contributed by atoms with Crippen LogP contribution in [0.1, 0.15) is 30.1 Å². The maximum Gasteiger partial charge on any atom is 0.255 e. The summed E-state index contributed by atoms with van der Waals surface area (Å²) in [4.78, 5) is 14.9. The minimum Gasteiger partial charge on any atom is -0.371 e. The monoisotopic (exact) mass is 358 g/mol. The Morgan fingerprint density at radius 1 is 1.08 bits per heavy atom. The summed E-state index contributed by atoms with van der Waals surface area (Å²) in [7, 11) is -3.25. The first kappa shape index (κ1) is 17.5. The molecule has 0 unspecified atom stereocenters. The molecule has 3 rings (SSSR count). The molecule has 1 heterocycles. The van der Waals surface area contributed by atoms with Gasteiger partial charge in [-0.2, -0.15) is 0 Å². The van der Waals surface area contributed by atoms with Crippen LogP contribution in [0.3, 0.4) is 0 Å². The van der Waals surface area contributed by atoms with Gasteiger partial charge in [-0.15, -0.1) is 0 Å². The summed E-state index contributed by atoms with van der Waals surface area (Å²) < 4.78 is 23.7. The van der Waals surface area contributed by atoms with Gasteiger partial charge in [0.05, 0.1) is 10.6 Å². The van der Waals surface area contributed by atoms with Crippen molar-refractivity contribution in [3.05, 3.63) is 54.1 Å². The molecule has 132 valence electrons. The molecule has 0 saturated carbocycles. The largest absolute Gasteiger partial charge is 0.371 e. The third-order valence-electron chi connectivity index (χ3n) is 4.43. The van der Waals surface area contributed by atoms with Crippen molar-refractivity contribution in [3.63, 3.8) is 0 Å². The maximum atomic E-state index is 12.4. The number of hydrogen-bond donors (Lipinski definition) is 1. The lowest BCUT2D eigenvalue weighted by Crippen LogP contribution is -2.18. The number of carbonyl (C=O) groups excluding carboxylic acids is 1. The smallest absolute Gasteiger partial charge is 0.255 e. The second-order valence-corrected chi connectivity index (χ2v) is 8.40. The molecule has 5 nitrogen and oxygen atoms in total. The number of rotatable bonds is 5. The van der Waals surface area contributed by atoms with Gasteiger partial charge in [-0.05, 0) is 55.3 Å². The van der Waals surface area contributed by atoms with Gasteiger partial charge < -0.3 is 10.2 Å². The van der Waals surface area contributed by atoms with E-state index in [9.17, 15) is 13.2 Å². The molecule has 1 aliphatic heterocycles. The average Bonchev–Trinajstić information content (AvgIpc) is 3.17. The molecule has 0 aliphatic carbocycles. The first-order chi connectivity index (χ1) is 12.0. The summed E-state index contributed by atoms with van der Waals surface area (Å²) in [5, 5.41) is 2.88. The number of carbonyl (C=O) groups is 1. The fourth-order valence-electron chi connectivity index (χ4n) is 2.94. The van der Waals surface area contributed by atoms with Crippen molar-refractivity contribution in [3.8, 4) is 0 Å². The lowest BCUT2D eigenvalue weighted by Gasteiger charge is -2.18. The van der Waals surface area contributed by atoms with Crippen LogP contribution >= 0.6 is 0 Å². The topological polar surface area (TPSA) is 66.5 Å². The van der Waals surface area contributed by atoms with Crippen LogP contribution in [0, 0.1) is 0 Å². The van der Waals surface area contributed by atoms with Crippen LogP contribution in [0.4, 0.5) is 11.4 Å². The summed E-state index contributed by atoms with van der Waals surface area (Å²) in [6, 6.07) is 13.9. The van der Waals surface area contributed by atoms with Gasteiger partial charge in [-0.25, -0.2) is 8.42 Å². The molecule has 0 bridgehead atoms. The molecule has 2 aromatic carbocycles. The zero-order valence-corrected chi connectivity index (χ0v) is 15.1. The molecule has 1 amide bonds. The summed E-state index contributed by atoms with van der Waals surface area (Å²) >= 11 is 0. The van der Waals surface area contributed by atoms with E-state index in [0.717, 1.165) is 24.5 Å². The molecule has 0 atom stereocenters. The van der Waals surface area contributed by atoms with E-state index in [4.69, 9.17) is 0 Å². The summed E-state index contributed by atoms with van der Waals surface area (Å²) in [5.41, 5.74) is 2.28. The Bertz CT molecular complexity index is 854. The van der Waals surface area contributed by atoms with E-state index in [0.29, 0.717) is 5.56 Å². The van der Waals surface area contributed by atoms with E-state index >= 15 is 0 Å². The second-order valence-electron chi connectivity index (χ2n) is 6.13. The Hall–Kier alpha value is -2.34. The van der Waals surface area contributed by atoms with Crippen LogP contribution in [-0.2, 0) is 9.84 Å². The normalized spacial score (nSPS) is 14.5. The SMILES string of the molecule is CCS(=O)(=O)c1ccc(C(=O)Nc2cccc(N3CCCC3)c2)cc1. The fraction of sp³-hybridized carbons (Fsp3) is 0.316. The standard InChI is InChI=1S/C19H22N2O3S/c1-2-25(23,24)18-10-8-15(9-11-18)19(22)20-16-6-5-7-17(14-16)21-12-3-4-13-21/h5-11,14H,2-4,12-13H2,1H3,(H,20,22). The Kier molecular flexibility index (Phi) is 5.08. The molecular weight excluding hydrogens is 336 g/mol. The number of nitrogens with zero attached hydrogens (tertiary/aromatic N) is 1. The van der Waals surface area contributed by atoms with Crippen molar-refractivity contribution in [1.29, 1.82) is 0 Å². The first-order valence-electron chi connectivity index (χ1n) is 8.49. The second kappa shape index (κ2) is 7.27. The van der Waals surface area contributed by atoms with E-state index in [1.54, 1.807) is 19.1 Å². The van der Waals surface area contributed by atoms with E-state index in [-0.39, 0.29) is 16.6 Å². The van der Waals surface area contributed by atoms with Gasteiger partial charge in [0.15, 0.2) is 9.84 Å². The predicted molar refractivity (Wildman–Crippen MR) is 100 cm³/mol. The summed E-state index contributed by atoms with van der Waals surface area (Å²) in [5.74, 6) is -0.207. The van der Waals surface area contributed by atoms with Gasteiger partial charge in [0, 0.05) is 30.0 Å². The van der Waals surface area contributed by atoms with Crippen LogP contribution in [0.25, 0.3) is 0 Å². The van der Waals surface area contributed by atoms with Crippen LogP contribution in [0.15, 0.2) is 53.4 Å². The summed E-state index contributed by atoms with van der Waals surface area (Å²) in [6.07, 6.45) is 2.40. The number of hydrogen-bond acceptors (Lipinski definition) is 4. The van der Waals surface area contributed by atoms with Crippen molar-refractivity contribution in [2.45, 2.75) is 24.7 Å². The van der Waals surface area contributed by atoms with Gasteiger partial charge in [-0.1, -0.05) is 13.0 Å². The van der Waals surface area contributed by atoms with Gasteiger partial charge in [-0.3, -0.25) is 4.79 Å². The number of nitrogens with one attached hydrogen (secondary N) is 1. The quantitative estimate of drug-likeness (QED) is 0.890. The van der Waals surface area contributed by atoms with Crippen molar-refractivity contribution >= 4 is 27.1 Å². The summed E-state index contributed by atoms with van der Waals surface area (Å²) in [6.45, 7) is 3.69. The highest BCUT2D eigenvalue weighted by atomic mass is 32.2. The minimum absolute atomic E-state index is 0.0435. The van der Waals surface area contributed by atoms with E-state index < -0.39 is 9.84 Å². The number of sulfone groups is 1. The molecule has 1 N–H and O–H groups in total. The third kappa shape index (κ3) is 4.02. The fourth-order valence-corrected chi connectivity index (χ4v) is 3.82. The molecule has 1 fully saturated rings. The van der Waals surface area contributed by atoms with Crippen molar-refractivity contribution < 1.29 is 13.2 Å². The van der Waals surface area contributed by atoms with E-state index in [2.05, 4.69) is 10.2 Å². The average molecular weight is 358 g/mol. The van der Waals surface area contributed by atoms with E-state index in [1.165, 1.54) is 25.0 Å². The van der Waals surface area contributed by atoms with Gasteiger partial charge >= 0.3 is 0 Å². The minimum atomic E-state index is -3.25. The lowest BCUT2D eigenvalue weighted by atomic mass is 10.2. The molecule has 0 radical (unpaired) electrons. The maximum absolute atomic E-state index is 12.4. The molecule has 0 aromatic heterocycles. The Labute approximate surface area is 148 Å². The molecule has 2 aromatic rings. The molecular formula is C19H22N2O3S. The number of benzene rings is 2. The Balaban J connectivity index is 1.73. The van der Waals surface area contributed by atoms with Crippen LogP contribution in [0.2, 0.25) is 0 Å². The van der Waals surface area contributed by atoms with E-state index in [1.807, 2.05) is 24.3 Å². The zero-order chi connectivity index (χ0) is 17.9. The lowest BCUT2D eigenvalue weighted by molar-refractivity contribution is 0.102.